The first-order chi connectivity index (χ1) is 9.72. The maximum Gasteiger partial charge on any atom is 0.0599 e. The maximum absolute atomic E-state index is 5.76. The molecule has 3 unspecified atom stereocenters. The van der Waals surface area contributed by atoms with Crippen LogP contribution in [0.4, 0.5) is 0 Å². The van der Waals surface area contributed by atoms with Crippen molar-refractivity contribution < 1.29 is 4.74 Å². The van der Waals surface area contributed by atoms with Crippen LogP contribution in [0.5, 0.6) is 0 Å². The van der Waals surface area contributed by atoms with E-state index >= 15 is 0 Å². The van der Waals surface area contributed by atoms with Gasteiger partial charge in [0, 0.05) is 32.3 Å². The maximum atomic E-state index is 5.76. The van der Waals surface area contributed by atoms with Crippen LogP contribution in [0, 0.1) is 11.8 Å². The molecule has 0 aromatic rings. The van der Waals surface area contributed by atoms with Crippen LogP contribution in [0.1, 0.15) is 52.9 Å². The minimum absolute atomic E-state index is 0.520. The van der Waals surface area contributed by atoms with Gasteiger partial charge in [-0.3, -0.25) is 0 Å². The zero-order valence-corrected chi connectivity index (χ0v) is 13.7. The van der Waals surface area contributed by atoms with Gasteiger partial charge in [-0.15, -0.1) is 0 Å². The predicted molar refractivity (Wildman–Crippen MR) is 85.1 cm³/mol. The molecule has 0 bridgehead atoms. The molecule has 1 aliphatic carbocycles. The van der Waals surface area contributed by atoms with Crippen molar-refractivity contribution in [3.63, 3.8) is 0 Å². The molecule has 3 atom stereocenters. The largest absolute Gasteiger partial charge is 0.378 e. The van der Waals surface area contributed by atoms with Gasteiger partial charge in [0.1, 0.15) is 0 Å². The highest BCUT2D eigenvalue weighted by Crippen LogP contribution is 2.30. The van der Waals surface area contributed by atoms with E-state index in [1.165, 1.54) is 51.7 Å². The monoisotopic (exact) mass is 282 g/mol. The Morgan fingerprint density at radius 2 is 1.85 bits per heavy atom. The summed E-state index contributed by atoms with van der Waals surface area (Å²) in [6.45, 7) is 12.5. The summed E-state index contributed by atoms with van der Waals surface area (Å²) in [4.78, 5) is 2.68. The lowest BCUT2D eigenvalue weighted by atomic mass is 9.78. The Morgan fingerprint density at radius 1 is 1.10 bits per heavy atom. The molecule has 0 amide bonds. The molecule has 1 aliphatic heterocycles. The highest BCUT2D eigenvalue weighted by Gasteiger charge is 2.30. The minimum Gasteiger partial charge on any atom is -0.378 e. The molecule has 0 spiro atoms. The highest BCUT2D eigenvalue weighted by molar-refractivity contribution is 4.86. The summed E-state index contributed by atoms with van der Waals surface area (Å²) in [5, 5.41) is 3.72. The van der Waals surface area contributed by atoms with Gasteiger partial charge in [-0.1, -0.05) is 13.8 Å². The van der Waals surface area contributed by atoms with Crippen molar-refractivity contribution in [1.29, 1.82) is 0 Å². The second kappa shape index (κ2) is 8.35. The molecule has 118 valence electrons. The minimum atomic E-state index is 0.520. The van der Waals surface area contributed by atoms with Gasteiger partial charge in [-0.2, -0.15) is 0 Å². The van der Waals surface area contributed by atoms with Crippen molar-refractivity contribution in [2.24, 2.45) is 11.8 Å². The van der Waals surface area contributed by atoms with Crippen molar-refractivity contribution in [3.05, 3.63) is 0 Å². The average Bonchev–Trinajstić information content (AvgIpc) is 2.44. The van der Waals surface area contributed by atoms with E-state index in [1.54, 1.807) is 0 Å². The average molecular weight is 282 g/mol. The van der Waals surface area contributed by atoms with Crippen molar-refractivity contribution >= 4 is 0 Å². The number of hydrogen-bond donors (Lipinski definition) is 1. The number of ether oxygens (including phenoxy) is 1. The molecular weight excluding hydrogens is 248 g/mol. The smallest absolute Gasteiger partial charge is 0.0599 e. The third-order valence-corrected chi connectivity index (χ3v) is 5.14. The SMILES string of the molecule is CCNC1CCC(C)CC1CN1CCC(OCC)CC1. The van der Waals surface area contributed by atoms with Crippen molar-refractivity contribution in [2.75, 3.05) is 32.8 Å². The number of nitrogens with zero attached hydrogens (tertiary/aromatic N) is 1. The Bertz CT molecular complexity index is 264. The Balaban J connectivity index is 1.78. The number of hydrogen-bond acceptors (Lipinski definition) is 3. The van der Waals surface area contributed by atoms with Crippen LogP contribution in [0.15, 0.2) is 0 Å². The summed E-state index contributed by atoms with van der Waals surface area (Å²) >= 11 is 0. The molecule has 2 rings (SSSR count). The molecule has 0 aromatic carbocycles. The van der Waals surface area contributed by atoms with Crippen molar-refractivity contribution in [2.45, 2.75) is 65.0 Å². The lowest BCUT2D eigenvalue weighted by Gasteiger charge is -2.40. The summed E-state index contributed by atoms with van der Waals surface area (Å²) in [6, 6.07) is 0.751. The zero-order valence-electron chi connectivity index (χ0n) is 13.7. The fraction of sp³-hybridized carbons (Fsp3) is 1.00. The van der Waals surface area contributed by atoms with Crippen LogP contribution in [0.3, 0.4) is 0 Å². The molecule has 1 N–H and O–H groups in total. The molecule has 0 aromatic heterocycles. The van der Waals surface area contributed by atoms with E-state index in [-0.39, 0.29) is 0 Å². The van der Waals surface area contributed by atoms with Gasteiger partial charge in [0.05, 0.1) is 6.10 Å². The predicted octanol–water partition coefficient (Wildman–Crippen LogP) is 2.90. The molecular formula is C17H34N2O. The molecule has 3 heteroatoms. The Kier molecular flexibility index (Phi) is 6.79. The molecule has 1 heterocycles. The van der Waals surface area contributed by atoms with Crippen molar-refractivity contribution in [3.8, 4) is 0 Å². The van der Waals surface area contributed by atoms with E-state index < -0.39 is 0 Å². The zero-order chi connectivity index (χ0) is 14.4. The number of nitrogens with one attached hydrogen (secondary N) is 1. The molecule has 1 saturated heterocycles. The lowest BCUT2D eigenvalue weighted by Crippen LogP contribution is -2.47. The van der Waals surface area contributed by atoms with Crippen LogP contribution in [0.2, 0.25) is 0 Å². The quantitative estimate of drug-likeness (QED) is 0.811. The van der Waals surface area contributed by atoms with Gasteiger partial charge in [0.25, 0.3) is 0 Å². The normalized spacial score (nSPS) is 33.5. The van der Waals surface area contributed by atoms with Gasteiger partial charge >= 0.3 is 0 Å². The van der Waals surface area contributed by atoms with E-state index in [0.29, 0.717) is 6.10 Å². The van der Waals surface area contributed by atoms with Gasteiger partial charge in [0.15, 0.2) is 0 Å². The standard InChI is InChI=1S/C17H34N2O/c1-4-18-17-7-6-14(3)12-15(17)13-19-10-8-16(9-11-19)20-5-2/h14-18H,4-13H2,1-3H3. The fourth-order valence-electron chi connectivity index (χ4n) is 4.06. The van der Waals surface area contributed by atoms with Crippen LogP contribution < -0.4 is 5.32 Å². The van der Waals surface area contributed by atoms with Crippen LogP contribution in [0.25, 0.3) is 0 Å². The van der Waals surface area contributed by atoms with E-state index in [2.05, 4.69) is 31.0 Å². The first kappa shape index (κ1) is 16.3. The molecule has 2 aliphatic rings. The van der Waals surface area contributed by atoms with Gasteiger partial charge < -0.3 is 15.0 Å². The summed E-state index contributed by atoms with van der Waals surface area (Å²) in [7, 11) is 0. The van der Waals surface area contributed by atoms with Gasteiger partial charge in [-0.25, -0.2) is 0 Å². The first-order valence-electron chi connectivity index (χ1n) is 8.80. The Hall–Kier alpha value is -0.120. The van der Waals surface area contributed by atoms with E-state index in [1.807, 2.05) is 0 Å². The molecule has 3 nitrogen and oxygen atoms in total. The second-order valence-electron chi connectivity index (χ2n) is 6.80. The van der Waals surface area contributed by atoms with Gasteiger partial charge in [0.2, 0.25) is 0 Å². The molecule has 0 radical (unpaired) electrons. The summed E-state index contributed by atoms with van der Waals surface area (Å²) in [5.41, 5.74) is 0. The summed E-state index contributed by atoms with van der Waals surface area (Å²) < 4.78 is 5.76. The fourth-order valence-corrected chi connectivity index (χ4v) is 4.06. The highest BCUT2D eigenvalue weighted by atomic mass is 16.5. The van der Waals surface area contributed by atoms with E-state index in [0.717, 1.165) is 31.0 Å². The second-order valence-corrected chi connectivity index (χ2v) is 6.80. The number of piperidine rings is 1. The van der Waals surface area contributed by atoms with Crippen LogP contribution in [-0.4, -0.2) is 49.8 Å². The summed E-state index contributed by atoms with van der Waals surface area (Å²) in [6.07, 6.45) is 7.15. The topological polar surface area (TPSA) is 24.5 Å². The number of likely N-dealkylation sites (tertiary alicyclic amines) is 1. The Morgan fingerprint density at radius 3 is 2.50 bits per heavy atom. The van der Waals surface area contributed by atoms with Crippen LogP contribution >= 0.6 is 0 Å². The third-order valence-electron chi connectivity index (χ3n) is 5.14. The molecule has 20 heavy (non-hydrogen) atoms. The van der Waals surface area contributed by atoms with E-state index in [9.17, 15) is 0 Å². The Labute approximate surface area is 125 Å². The van der Waals surface area contributed by atoms with Crippen LogP contribution in [-0.2, 0) is 4.74 Å². The van der Waals surface area contributed by atoms with Gasteiger partial charge in [-0.05, 0) is 57.4 Å². The first-order valence-corrected chi connectivity index (χ1v) is 8.80. The van der Waals surface area contributed by atoms with Crippen molar-refractivity contribution in [1.82, 2.24) is 10.2 Å². The van der Waals surface area contributed by atoms with E-state index in [4.69, 9.17) is 4.74 Å². The lowest BCUT2D eigenvalue weighted by molar-refractivity contribution is 0.00718. The number of rotatable bonds is 6. The third kappa shape index (κ3) is 4.71. The summed E-state index contributed by atoms with van der Waals surface area (Å²) in [5.74, 6) is 1.76. The molecule has 2 fully saturated rings. The molecule has 1 saturated carbocycles.